The SMILES string of the molecule is N#Cc1cccc2c1nc(CCCl)n2CCOCC(F)F. The van der Waals surface area contributed by atoms with E-state index in [0.29, 0.717) is 29.9 Å². The lowest BCUT2D eigenvalue weighted by Gasteiger charge is -2.09. The van der Waals surface area contributed by atoms with Crippen molar-refractivity contribution in [3.05, 3.63) is 29.6 Å². The number of halogens is 3. The second-order valence-electron chi connectivity index (χ2n) is 4.37. The molecule has 0 spiro atoms. The van der Waals surface area contributed by atoms with Crippen LogP contribution in [0.1, 0.15) is 11.4 Å². The maximum Gasteiger partial charge on any atom is 0.261 e. The van der Waals surface area contributed by atoms with Gasteiger partial charge in [0.05, 0.1) is 17.7 Å². The number of aryl methyl sites for hydroxylation is 1. The van der Waals surface area contributed by atoms with Crippen molar-refractivity contribution in [1.29, 1.82) is 5.26 Å². The molecule has 0 aliphatic carbocycles. The highest BCUT2D eigenvalue weighted by Crippen LogP contribution is 2.20. The molecule has 0 N–H and O–H groups in total. The van der Waals surface area contributed by atoms with E-state index in [0.717, 1.165) is 11.3 Å². The molecule has 7 heteroatoms. The van der Waals surface area contributed by atoms with Gasteiger partial charge in [0.25, 0.3) is 6.43 Å². The van der Waals surface area contributed by atoms with E-state index in [4.69, 9.17) is 21.6 Å². The van der Waals surface area contributed by atoms with Gasteiger partial charge in [0, 0.05) is 18.8 Å². The smallest absolute Gasteiger partial charge is 0.261 e. The van der Waals surface area contributed by atoms with Crippen molar-refractivity contribution in [3.63, 3.8) is 0 Å². The van der Waals surface area contributed by atoms with E-state index in [1.165, 1.54) is 0 Å². The Morgan fingerprint density at radius 2 is 2.24 bits per heavy atom. The van der Waals surface area contributed by atoms with Crippen molar-refractivity contribution < 1.29 is 13.5 Å². The van der Waals surface area contributed by atoms with Crippen LogP contribution in [-0.2, 0) is 17.7 Å². The van der Waals surface area contributed by atoms with Gasteiger partial charge in [0.15, 0.2) is 0 Å². The molecule has 0 bridgehead atoms. The van der Waals surface area contributed by atoms with Gasteiger partial charge in [0.1, 0.15) is 24.0 Å². The fourth-order valence-corrected chi connectivity index (χ4v) is 2.31. The zero-order valence-electron chi connectivity index (χ0n) is 11.2. The molecule has 0 fully saturated rings. The monoisotopic (exact) mass is 313 g/mol. The zero-order valence-corrected chi connectivity index (χ0v) is 12.0. The minimum atomic E-state index is -2.47. The van der Waals surface area contributed by atoms with Crippen LogP contribution >= 0.6 is 11.6 Å². The Morgan fingerprint density at radius 1 is 1.43 bits per heavy atom. The molecule has 0 unspecified atom stereocenters. The lowest BCUT2D eigenvalue weighted by atomic mass is 10.2. The predicted octanol–water partition coefficient (Wildman–Crippen LogP) is 2.97. The van der Waals surface area contributed by atoms with Gasteiger partial charge in [-0.2, -0.15) is 5.26 Å². The standard InChI is InChI=1S/C14H14ClF2N3O/c15-5-4-13-19-14-10(8-18)2-1-3-11(14)20(13)6-7-21-9-12(16)17/h1-3,12H,4-7,9H2. The average Bonchev–Trinajstić information content (AvgIpc) is 2.81. The number of nitriles is 1. The summed E-state index contributed by atoms with van der Waals surface area (Å²) >= 11 is 5.76. The number of ether oxygens (including phenoxy) is 1. The maximum absolute atomic E-state index is 12.1. The third-order valence-corrected chi connectivity index (χ3v) is 3.19. The first-order valence-corrected chi connectivity index (χ1v) is 7.01. The molecule has 112 valence electrons. The van der Waals surface area contributed by atoms with E-state index >= 15 is 0 Å². The summed E-state index contributed by atoms with van der Waals surface area (Å²) < 4.78 is 30.9. The third kappa shape index (κ3) is 3.69. The summed E-state index contributed by atoms with van der Waals surface area (Å²) in [5, 5.41) is 9.11. The van der Waals surface area contributed by atoms with Crippen LogP contribution in [0, 0.1) is 11.3 Å². The minimum Gasteiger partial charge on any atom is -0.374 e. The molecule has 0 aliphatic rings. The number of para-hydroxylation sites is 1. The fraction of sp³-hybridized carbons (Fsp3) is 0.429. The quantitative estimate of drug-likeness (QED) is 0.583. The topological polar surface area (TPSA) is 50.8 Å². The van der Waals surface area contributed by atoms with E-state index in [1.54, 1.807) is 12.1 Å². The number of alkyl halides is 3. The molecule has 0 amide bonds. The molecule has 4 nitrogen and oxygen atoms in total. The van der Waals surface area contributed by atoms with Crippen LogP contribution in [0.5, 0.6) is 0 Å². The van der Waals surface area contributed by atoms with Crippen LogP contribution in [-0.4, -0.2) is 35.1 Å². The lowest BCUT2D eigenvalue weighted by molar-refractivity contribution is 0.0148. The summed E-state index contributed by atoms with van der Waals surface area (Å²) in [5.74, 6) is 1.12. The number of hydrogen-bond acceptors (Lipinski definition) is 3. The molecule has 0 atom stereocenters. The van der Waals surface area contributed by atoms with Crippen LogP contribution in [0.2, 0.25) is 0 Å². The van der Waals surface area contributed by atoms with Gasteiger partial charge in [-0.05, 0) is 12.1 Å². The van der Waals surface area contributed by atoms with Gasteiger partial charge < -0.3 is 9.30 Å². The van der Waals surface area contributed by atoms with Gasteiger partial charge in [-0.15, -0.1) is 11.6 Å². The number of rotatable bonds is 7. The van der Waals surface area contributed by atoms with Crippen molar-refractivity contribution in [3.8, 4) is 6.07 Å². The van der Waals surface area contributed by atoms with Crippen LogP contribution in [0.3, 0.4) is 0 Å². The Labute approximate surface area is 125 Å². The molecule has 0 saturated carbocycles. The third-order valence-electron chi connectivity index (χ3n) is 3.00. The first-order valence-electron chi connectivity index (χ1n) is 6.47. The summed E-state index contributed by atoms with van der Waals surface area (Å²) in [5.41, 5.74) is 1.87. The van der Waals surface area contributed by atoms with Crippen molar-refractivity contribution in [1.82, 2.24) is 9.55 Å². The number of fused-ring (bicyclic) bond motifs is 1. The highest BCUT2D eigenvalue weighted by Gasteiger charge is 2.13. The summed E-state index contributed by atoms with van der Waals surface area (Å²) in [6.07, 6.45) is -1.94. The number of nitrogens with zero attached hydrogens (tertiary/aromatic N) is 3. The van der Waals surface area contributed by atoms with Crippen LogP contribution in [0.4, 0.5) is 8.78 Å². The summed E-state index contributed by atoms with van der Waals surface area (Å²) in [4.78, 5) is 4.44. The molecule has 21 heavy (non-hydrogen) atoms. The first kappa shape index (κ1) is 15.7. The van der Waals surface area contributed by atoms with Crippen LogP contribution in [0.15, 0.2) is 18.2 Å². The molecule has 2 aromatic rings. The van der Waals surface area contributed by atoms with Crippen molar-refractivity contribution in [2.24, 2.45) is 0 Å². The van der Waals surface area contributed by atoms with E-state index in [-0.39, 0.29) is 6.61 Å². The van der Waals surface area contributed by atoms with Gasteiger partial charge in [-0.1, -0.05) is 6.07 Å². The molecular weight excluding hydrogens is 300 g/mol. The van der Waals surface area contributed by atoms with E-state index in [1.807, 2.05) is 10.6 Å². The van der Waals surface area contributed by atoms with Gasteiger partial charge in [-0.3, -0.25) is 0 Å². The Balaban J connectivity index is 2.27. The summed E-state index contributed by atoms with van der Waals surface area (Å²) in [6, 6.07) is 7.40. The van der Waals surface area contributed by atoms with Crippen molar-refractivity contribution in [2.75, 3.05) is 19.1 Å². The van der Waals surface area contributed by atoms with Gasteiger partial charge in [-0.25, -0.2) is 13.8 Å². The summed E-state index contributed by atoms with van der Waals surface area (Å²) in [7, 11) is 0. The molecule has 0 aliphatic heterocycles. The predicted molar refractivity (Wildman–Crippen MR) is 75.7 cm³/mol. The highest BCUT2D eigenvalue weighted by molar-refractivity contribution is 6.17. The number of aromatic nitrogens is 2. The van der Waals surface area contributed by atoms with E-state index < -0.39 is 13.0 Å². The second-order valence-corrected chi connectivity index (χ2v) is 4.75. The minimum absolute atomic E-state index is 0.155. The Bertz CT molecular complexity index is 651. The molecule has 0 saturated heterocycles. The second kappa shape index (κ2) is 7.34. The Morgan fingerprint density at radius 3 is 2.90 bits per heavy atom. The normalized spacial score (nSPS) is 11.2. The Hall–Kier alpha value is -1.71. The average molecular weight is 314 g/mol. The van der Waals surface area contributed by atoms with Crippen LogP contribution < -0.4 is 0 Å². The van der Waals surface area contributed by atoms with Crippen molar-refractivity contribution >= 4 is 22.6 Å². The Kier molecular flexibility index (Phi) is 5.48. The number of imidazole rings is 1. The van der Waals surface area contributed by atoms with E-state index in [2.05, 4.69) is 11.1 Å². The molecular formula is C14H14ClF2N3O. The molecule has 1 aromatic heterocycles. The van der Waals surface area contributed by atoms with Gasteiger partial charge >= 0.3 is 0 Å². The largest absolute Gasteiger partial charge is 0.374 e. The molecule has 1 aromatic carbocycles. The molecule has 1 heterocycles. The fourth-order valence-electron chi connectivity index (χ4n) is 2.14. The molecule has 2 rings (SSSR count). The maximum atomic E-state index is 12.1. The highest BCUT2D eigenvalue weighted by atomic mass is 35.5. The zero-order chi connectivity index (χ0) is 15.2. The van der Waals surface area contributed by atoms with Gasteiger partial charge in [0.2, 0.25) is 0 Å². The first-order chi connectivity index (χ1) is 10.2. The lowest BCUT2D eigenvalue weighted by Crippen LogP contribution is -2.13. The molecule has 0 radical (unpaired) electrons. The van der Waals surface area contributed by atoms with E-state index in [9.17, 15) is 8.78 Å². The number of benzene rings is 1. The summed E-state index contributed by atoms with van der Waals surface area (Å²) in [6.45, 7) is -0.0346. The van der Waals surface area contributed by atoms with Crippen LogP contribution in [0.25, 0.3) is 11.0 Å². The number of hydrogen-bond donors (Lipinski definition) is 0. The van der Waals surface area contributed by atoms with Crippen molar-refractivity contribution in [2.45, 2.75) is 19.4 Å².